The van der Waals surface area contributed by atoms with Gasteiger partial charge in [0.05, 0.1) is 11.3 Å². The average Bonchev–Trinajstić information content (AvgIpc) is 2.75. The highest BCUT2D eigenvalue weighted by Gasteiger charge is 2.61. The van der Waals surface area contributed by atoms with Crippen molar-refractivity contribution in [1.82, 2.24) is 5.32 Å². The molecular weight excluding hydrogens is 267 g/mol. The number of hydrogen-bond donors (Lipinski definition) is 2. The quantitative estimate of drug-likeness (QED) is 0.821. The van der Waals surface area contributed by atoms with Gasteiger partial charge in [-0.15, -0.1) is 0 Å². The molecule has 21 heavy (non-hydrogen) atoms. The van der Waals surface area contributed by atoms with E-state index < -0.39 is 5.82 Å². The Labute approximate surface area is 125 Å². The summed E-state index contributed by atoms with van der Waals surface area (Å²) in [6.45, 7) is 6.86. The molecule has 1 amide bonds. The van der Waals surface area contributed by atoms with Crippen LogP contribution in [0.4, 0.5) is 10.1 Å². The molecule has 4 heteroatoms. The van der Waals surface area contributed by atoms with E-state index in [2.05, 4.69) is 26.1 Å². The normalized spacial score (nSPS) is 33.1. The molecule has 2 aliphatic rings. The maximum atomic E-state index is 13.5. The van der Waals surface area contributed by atoms with E-state index >= 15 is 0 Å². The van der Waals surface area contributed by atoms with Gasteiger partial charge < -0.3 is 11.1 Å². The van der Waals surface area contributed by atoms with Gasteiger partial charge in [0.25, 0.3) is 5.91 Å². The molecule has 114 valence electrons. The zero-order chi connectivity index (χ0) is 15.4. The lowest BCUT2D eigenvalue weighted by Crippen LogP contribution is -2.47. The van der Waals surface area contributed by atoms with Crippen molar-refractivity contribution in [1.29, 1.82) is 0 Å². The predicted molar refractivity (Wildman–Crippen MR) is 81.3 cm³/mol. The molecule has 0 spiro atoms. The van der Waals surface area contributed by atoms with Crippen molar-refractivity contribution in [3.63, 3.8) is 0 Å². The van der Waals surface area contributed by atoms with Crippen molar-refractivity contribution in [2.75, 3.05) is 5.73 Å². The van der Waals surface area contributed by atoms with E-state index in [1.54, 1.807) is 6.07 Å². The summed E-state index contributed by atoms with van der Waals surface area (Å²) in [5, 5.41) is 3.11. The Balaban J connectivity index is 1.82. The third kappa shape index (κ3) is 1.88. The van der Waals surface area contributed by atoms with E-state index in [9.17, 15) is 9.18 Å². The van der Waals surface area contributed by atoms with Crippen molar-refractivity contribution in [3.05, 3.63) is 29.6 Å². The van der Waals surface area contributed by atoms with E-state index in [-0.39, 0.29) is 34.0 Å². The molecule has 0 saturated heterocycles. The van der Waals surface area contributed by atoms with E-state index in [0.29, 0.717) is 5.92 Å². The fourth-order valence-corrected chi connectivity index (χ4v) is 4.39. The van der Waals surface area contributed by atoms with E-state index in [4.69, 9.17) is 5.73 Å². The minimum atomic E-state index is -0.540. The first kappa shape index (κ1) is 14.4. The Hall–Kier alpha value is -1.58. The number of halogens is 1. The smallest absolute Gasteiger partial charge is 0.253 e. The van der Waals surface area contributed by atoms with E-state index in [1.165, 1.54) is 18.6 Å². The maximum Gasteiger partial charge on any atom is 0.253 e. The highest BCUT2D eigenvalue weighted by atomic mass is 19.1. The van der Waals surface area contributed by atoms with Gasteiger partial charge in [-0.05, 0) is 48.1 Å². The number of anilines is 1. The van der Waals surface area contributed by atoms with Crippen LogP contribution in [0.5, 0.6) is 0 Å². The molecule has 0 heterocycles. The number of carbonyl (C=O) groups is 1. The van der Waals surface area contributed by atoms with Gasteiger partial charge in [-0.25, -0.2) is 4.39 Å². The van der Waals surface area contributed by atoms with Crippen LogP contribution in [0.15, 0.2) is 18.2 Å². The van der Waals surface area contributed by atoms with Gasteiger partial charge in [0.15, 0.2) is 0 Å². The molecule has 2 fully saturated rings. The molecule has 3 nitrogen and oxygen atoms in total. The number of para-hydroxylation sites is 1. The van der Waals surface area contributed by atoms with Crippen molar-refractivity contribution >= 4 is 11.6 Å². The maximum absolute atomic E-state index is 13.5. The summed E-state index contributed by atoms with van der Waals surface area (Å²) in [7, 11) is 0. The number of nitrogens with one attached hydrogen (secondary N) is 1. The van der Waals surface area contributed by atoms with Crippen molar-refractivity contribution in [2.45, 2.75) is 46.1 Å². The van der Waals surface area contributed by atoms with E-state index in [0.717, 1.165) is 12.8 Å². The van der Waals surface area contributed by atoms with Gasteiger partial charge in [-0.3, -0.25) is 4.79 Å². The number of carbonyl (C=O) groups excluding carboxylic acids is 1. The SMILES string of the molecule is CC1(C)C2CCC1(C)C(NC(=O)c1cccc(F)c1N)C2. The Morgan fingerprint density at radius 1 is 1.38 bits per heavy atom. The Morgan fingerprint density at radius 2 is 2.10 bits per heavy atom. The number of fused-ring (bicyclic) bond motifs is 2. The Kier molecular flexibility index (Phi) is 3.05. The number of rotatable bonds is 2. The van der Waals surface area contributed by atoms with Crippen LogP contribution in [0.1, 0.15) is 50.4 Å². The zero-order valence-electron chi connectivity index (χ0n) is 12.9. The molecule has 3 rings (SSSR count). The number of hydrogen-bond acceptors (Lipinski definition) is 2. The lowest BCUT2D eigenvalue weighted by atomic mass is 9.69. The number of nitrogens with two attached hydrogens (primary N) is 1. The first-order valence-electron chi connectivity index (χ1n) is 7.62. The lowest BCUT2D eigenvalue weighted by Gasteiger charge is -2.39. The molecule has 2 saturated carbocycles. The second kappa shape index (κ2) is 4.46. The van der Waals surface area contributed by atoms with Crippen LogP contribution in [0.2, 0.25) is 0 Å². The van der Waals surface area contributed by atoms with Crippen LogP contribution in [-0.2, 0) is 0 Å². The summed E-state index contributed by atoms with van der Waals surface area (Å²) in [6, 6.07) is 4.51. The van der Waals surface area contributed by atoms with Gasteiger partial charge >= 0.3 is 0 Å². The van der Waals surface area contributed by atoms with Gasteiger partial charge in [-0.2, -0.15) is 0 Å². The van der Waals surface area contributed by atoms with Crippen LogP contribution < -0.4 is 11.1 Å². The van der Waals surface area contributed by atoms with Crippen LogP contribution in [0.3, 0.4) is 0 Å². The van der Waals surface area contributed by atoms with Gasteiger partial charge in [0.1, 0.15) is 5.82 Å². The first-order chi connectivity index (χ1) is 9.77. The largest absolute Gasteiger partial charge is 0.396 e. The molecular formula is C17H23FN2O. The topological polar surface area (TPSA) is 55.1 Å². The molecule has 3 unspecified atom stereocenters. The summed E-state index contributed by atoms with van der Waals surface area (Å²) < 4.78 is 13.5. The van der Waals surface area contributed by atoms with Gasteiger partial charge in [0.2, 0.25) is 0 Å². The molecule has 0 aromatic heterocycles. The third-order valence-corrected chi connectivity index (χ3v) is 6.40. The fraction of sp³-hybridized carbons (Fsp3) is 0.588. The number of amides is 1. The van der Waals surface area contributed by atoms with Crippen LogP contribution >= 0.6 is 0 Å². The standard InChI is InChI=1S/C17H23FN2O/c1-16(2)10-7-8-17(16,3)13(9-10)20-15(21)11-5-4-6-12(18)14(11)19/h4-6,10,13H,7-9,19H2,1-3H3,(H,20,21). The number of nitrogen functional groups attached to an aromatic ring is 1. The molecule has 2 bridgehead atoms. The van der Waals surface area contributed by atoms with Gasteiger partial charge in [-0.1, -0.05) is 26.8 Å². The summed E-state index contributed by atoms with van der Waals surface area (Å²) in [5.74, 6) is -0.152. The third-order valence-electron chi connectivity index (χ3n) is 6.40. The Morgan fingerprint density at radius 3 is 2.67 bits per heavy atom. The summed E-state index contributed by atoms with van der Waals surface area (Å²) in [6.07, 6.45) is 3.37. The second-order valence-corrected chi connectivity index (χ2v) is 7.34. The van der Waals surface area contributed by atoms with Crippen LogP contribution in [0.25, 0.3) is 0 Å². The molecule has 1 aromatic rings. The minimum Gasteiger partial charge on any atom is -0.396 e. The second-order valence-electron chi connectivity index (χ2n) is 7.34. The highest BCUT2D eigenvalue weighted by molar-refractivity contribution is 5.99. The molecule has 0 radical (unpaired) electrons. The summed E-state index contributed by atoms with van der Waals surface area (Å²) >= 11 is 0. The van der Waals surface area contributed by atoms with Crippen LogP contribution in [0, 0.1) is 22.6 Å². The lowest BCUT2D eigenvalue weighted by molar-refractivity contribution is 0.0826. The molecule has 2 aliphatic carbocycles. The number of benzene rings is 1. The summed E-state index contributed by atoms with van der Waals surface area (Å²) in [5.41, 5.74) is 6.19. The van der Waals surface area contributed by atoms with E-state index in [1.807, 2.05) is 0 Å². The molecule has 3 N–H and O–H groups in total. The first-order valence-corrected chi connectivity index (χ1v) is 7.62. The van der Waals surface area contributed by atoms with Crippen LogP contribution in [-0.4, -0.2) is 11.9 Å². The zero-order valence-corrected chi connectivity index (χ0v) is 12.9. The van der Waals surface area contributed by atoms with Crippen molar-refractivity contribution in [2.24, 2.45) is 16.7 Å². The predicted octanol–water partition coefficient (Wildman–Crippen LogP) is 3.35. The minimum absolute atomic E-state index is 0.0671. The van der Waals surface area contributed by atoms with Crippen molar-refractivity contribution < 1.29 is 9.18 Å². The molecule has 0 aliphatic heterocycles. The summed E-state index contributed by atoms with van der Waals surface area (Å²) in [4.78, 5) is 12.4. The van der Waals surface area contributed by atoms with Crippen molar-refractivity contribution in [3.8, 4) is 0 Å². The van der Waals surface area contributed by atoms with Gasteiger partial charge in [0, 0.05) is 6.04 Å². The average molecular weight is 290 g/mol. The Bertz CT molecular complexity index is 598. The molecule has 3 atom stereocenters. The highest BCUT2D eigenvalue weighted by Crippen LogP contribution is 2.65. The monoisotopic (exact) mass is 290 g/mol. The molecule has 1 aromatic carbocycles. The fourth-order valence-electron chi connectivity index (χ4n) is 4.39.